The van der Waals surface area contributed by atoms with Crippen LogP contribution in [-0.4, -0.2) is 55.3 Å². The number of para-hydroxylation sites is 1. The molecule has 1 saturated heterocycles. The lowest BCUT2D eigenvalue weighted by molar-refractivity contribution is -0.387. The van der Waals surface area contributed by atoms with Gasteiger partial charge in [-0.05, 0) is 18.1 Å². The van der Waals surface area contributed by atoms with E-state index in [1.54, 1.807) is 0 Å². The van der Waals surface area contributed by atoms with E-state index in [1.807, 2.05) is 18.2 Å². The van der Waals surface area contributed by atoms with Crippen molar-refractivity contribution in [1.29, 1.82) is 0 Å². The van der Waals surface area contributed by atoms with Crippen molar-refractivity contribution in [2.75, 3.05) is 32.7 Å². The molecule has 0 bridgehead atoms. The first kappa shape index (κ1) is 18.5. The predicted octanol–water partition coefficient (Wildman–Crippen LogP) is 2.14. The van der Waals surface area contributed by atoms with Gasteiger partial charge in [-0.2, -0.15) is 4.31 Å². The van der Waals surface area contributed by atoms with Crippen LogP contribution in [0.1, 0.15) is 5.56 Å². The molecule has 26 heavy (non-hydrogen) atoms. The van der Waals surface area contributed by atoms with E-state index in [0.717, 1.165) is 13.0 Å². The molecular weight excluding hydrogens is 354 g/mol. The number of benzene rings is 2. The highest BCUT2D eigenvalue weighted by atomic mass is 32.2. The Bertz CT molecular complexity index is 863. The fourth-order valence-electron chi connectivity index (χ4n) is 3.09. The Labute approximate surface area is 153 Å². The van der Waals surface area contributed by atoms with Crippen LogP contribution in [0, 0.1) is 10.1 Å². The van der Waals surface area contributed by atoms with Crippen molar-refractivity contribution in [3.8, 4) is 0 Å². The third kappa shape index (κ3) is 4.09. The number of nitro groups is 1. The number of sulfonamides is 1. The molecule has 0 aromatic heterocycles. The van der Waals surface area contributed by atoms with Crippen molar-refractivity contribution in [3.63, 3.8) is 0 Å². The zero-order valence-electron chi connectivity index (χ0n) is 14.3. The number of nitrogens with zero attached hydrogens (tertiary/aromatic N) is 3. The van der Waals surface area contributed by atoms with Gasteiger partial charge in [0, 0.05) is 38.8 Å². The van der Waals surface area contributed by atoms with Gasteiger partial charge in [-0.25, -0.2) is 8.42 Å². The third-order valence-corrected chi connectivity index (χ3v) is 6.52. The van der Waals surface area contributed by atoms with Gasteiger partial charge in [-0.3, -0.25) is 10.1 Å². The van der Waals surface area contributed by atoms with Gasteiger partial charge in [0.15, 0.2) is 4.90 Å². The molecule has 1 aliphatic heterocycles. The molecule has 0 atom stereocenters. The molecule has 0 aliphatic carbocycles. The van der Waals surface area contributed by atoms with E-state index in [-0.39, 0.29) is 10.6 Å². The zero-order valence-corrected chi connectivity index (χ0v) is 15.1. The average Bonchev–Trinajstić information content (AvgIpc) is 2.67. The Morgan fingerprint density at radius 3 is 2.19 bits per heavy atom. The summed E-state index contributed by atoms with van der Waals surface area (Å²) in [6, 6.07) is 15.7. The quantitative estimate of drug-likeness (QED) is 0.571. The molecule has 0 spiro atoms. The summed E-state index contributed by atoms with van der Waals surface area (Å²) in [5, 5.41) is 11.1. The van der Waals surface area contributed by atoms with E-state index in [0.29, 0.717) is 26.2 Å². The van der Waals surface area contributed by atoms with Crippen LogP contribution in [0.4, 0.5) is 5.69 Å². The second-order valence-electron chi connectivity index (χ2n) is 6.21. The van der Waals surface area contributed by atoms with Crippen molar-refractivity contribution < 1.29 is 13.3 Å². The largest absolute Gasteiger partial charge is 0.300 e. The molecule has 8 heteroatoms. The van der Waals surface area contributed by atoms with Crippen molar-refractivity contribution in [1.82, 2.24) is 9.21 Å². The third-order valence-electron chi connectivity index (χ3n) is 4.57. The summed E-state index contributed by atoms with van der Waals surface area (Å²) in [6.45, 7) is 2.77. The van der Waals surface area contributed by atoms with Crippen LogP contribution in [0.5, 0.6) is 0 Å². The van der Waals surface area contributed by atoms with Crippen LogP contribution in [-0.2, 0) is 16.4 Å². The lowest BCUT2D eigenvalue weighted by atomic mass is 10.1. The molecule has 0 amide bonds. The fraction of sp³-hybridized carbons (Fsp3) is 0.333. The van der Waals surface area contributed by atoms with Crippen molar-refractivity contribution in [2.24, 2.45) is 0 Å². The van der Waals surface area contributed by atoms with E-state index in [2.05, 4.69) is 17.0 Å². The molecule has 2 aromatic rings. The first-order valence-corrected chi connectivity index (χ1v) is 9.92. The van der Waals surface area contributed by atoms with Gasteiger partial charge in [-0.1, -0.05) is 42.5 Å². The highest BCUT2D eigenvalue weighted by molar-refractivity contribution is 7.89. The maximum absolute atomic E-state index is 12.8. The molecule has 3 rings (SSSR count). The predicted molar refractivity (Wildman–Crippen MR) is 98.4 cm³/mol. The first-order chi connectivity index (χ1) is 12.5. The Morgan fingerprint density at radius 1 is 0.923 bits per heavy atom. The van der Waals surface area contributed by atoms with E-state index >= 15 is 0 Å². The molecule has 2 aromatic carbocycles. The van der Waals surface area contributed by atoms with Crippen LogP contribution in [0.25, 0.3) is 0 Å². The minimum absolute atomic E-state index is 0.234. The number of piperazine rings is 1. The SMILES string of the molecule is O=[N+]([O-])c1ccccc1S(=O)(=O)N1CCN(CCc2ccccc2)CC1. The van der Waals surface area contributed by atoms with Crippen molar-refractivity contribution in [3.05, 3.63) is 70.3 Å². The summed E-state index contributed by atoms with van der Waals surface area (Å²) in [7, 11) is -3.86. The Balaban J connectivity index is 1.63. The van der Waals surface area contributed by atoms with Crippen LogP contribution < -0.4 is 0 Å². The Morgan fingerprint density at radius 2 is 1.54 bits per heavy atom. The summed E-state index contributed by atoms with van der Waals surface area (Å²) in [4.78, 5) is 12.5. The second kappa shape index (κ2) is 7.94. The van der Waals surface area contributed by atoms with Gasteiger partial charge in [0.2, 0.25) is 10.0 Å². The molecule has 7 nitrogen and oxygen atoms in total. The van der Waals surface area contributed by atoms with Crippen LogP contribution in [0.2, 0.25) is 0 Å². The number of rotatable bonds is 6. The lowest BCUT2D eigenvalue weighted by Gasteiger charge is -2.33. The summed E-state index contributed by atoms with van der Waals surface area (Å²) in [5.41, 5.74) is 0.876. The smallest absolute Gasteiger partial charge is 0.289 e. The minimum atomic E-state index is -3.86. The normalized spacial score (nSPS) is 16.5. The highest BCUT2D eigenvalue weighted by Gasteiger charge is 2.33. The number of hydrogen-bond acceptors (Lipinski definition) is 5. The average molecular weight is 375 g/mol. The van der Waals surface area contributed by atoms with Gasteiger partial charge in [0.25, 0.3) is 5.69 Å². The van der Waals surface area contributed by atoms with Crippen LogP contribution >= 0.6 is 0 Å². The Hall–Kier alpha value is -2.29. The second-order valence-corrected chi connectivity index (χ2v) is 8.11. The molecule has 0 unspecified atom stereocenters. The molecule has 0 radical (unpaired) electrons. The van der Waals surface area contributed by atoms with Crippen molar-refractivity contribution >= 4 is 15.7 Å². The lowest BCUT2D eigenvalue weighted by Crippen LogP contribution is -2.49. The maximum atomic E-state index is 12.8. The standard InChI is InChI=1S/C18H21N3O4S/c22-21(23)17-8-4-5-9-18(17)26(24,25)20-14-12-19(13-15-20)11-10-16-6-2-1-3-7-16/h1-9H,10-15H2. The topological polar surface area (TPSA) is 83.8 Å². The maximum Gasteiger partial charge on any atom is 0.289 e. The monoisotopic (exact) mass is 375 g/mol. The molecule has 0 N–H and O–H groups in total. The molecule has 0 saturated carbocycles. The first-order valence-electron chi connectivity index (χ1n) is 8.48. The van der Waals surface area contributed by atoms with Gasteiger partial charge in [-0.15, -0.1) is 0 Å². The number of hydrogen-bond donors (Lipinski definition) is 0. The molecule has 1 heterocycles. The summed E-state index contributed by atoms with van der Waals surface area (Å²) in [5.74, 6) is 0. The molecule has 1 fully saturated rings. The fourth-order valence-corrected chi connectivity index (χ4v) is 4.67. The van der Waals surface area contributed by atoms with Crippen LogP contribution in [0.15, 0.2) is 59.5 Å². The van der Waals surface area contributed by atoms with E-state index < -0.39 is 14.9 Å². The molecular formula is C18H21N3O4S. The van der Waals surface area contributed by atoms with Crippen LogP contribution in [0.3, 0.4) is 0 Å². The van der Waals surface area contributed by atoms with E-state index in [9.17, 15) is 18.5 Å². The number of nitro benzene ring substituents is 1. The summed E-state index contributed by atoms with van der Waals surface area (Å²) >= 11 is 0. The summed E-state index contributed by atoms with van der Waals surface area (Å²) < 4.78 is 26.9. The van der Waals surface area contributed by atoms with Gasteiger partial charge in [0.05, 0.1) is 4.92 Å². The van der Waals surface area contributed by atoms with Gasteiger partial charge < -0.3 is 4.90 Å². The minimum Gasteiger partial charge on any atom is -0.300 e. The van der Waals surface area contributed by atoms with Gasteiger partial charge in [0.1, 0.15) is 0 Å². The van der Waals surface area contributed by atoms with Gasteiger partial charge >= 0.3 is 0 Å². The highest BCUT2D eigenvalue weighted by Crippen LogP contribution is 2.26. The zero-order chi connectivity index (χ0) is 18.6. The Kier molecular flexibility index (Phi) is 5.65. The molecule has 138 valence electrons. The summed E-state index contributed by atoms with van der Waals surface area (Å²) in [6.07, 6.45) is 0.914. The molecule has 1 aliphatic rings. The van der Waals surface area contributed by atoms with E-state index in [4.69, 9.17) is 0 Å². The van der Waals surface area contributed by atoms with E-state index in [1.165, 1.54) is 34.1 Å². The van der Waals surface area contributed by atoms with Crippen molar-refractivity contribution in [2.45, 2.75) is 11.3 Å².